The van der Waals surface area contributed by atoms with Crippen molar-refractivity contribution in [2.75, 3.05) is 0 Å². The van der Waals surface area contributed by atoms with Gasteiger partial charge in [-0.1, -0.05) is 27.7 Å². The molecule has 0 bridgehead atoms. The average molecular weight is 329 g/mol. The Morgan fingerprint density at radius 3 is 1.50 bits per heavy atom. The number of benzene rings is 1. The van der Waals surface area contributed by atoms with Crippen molar-refractivity contribution in [1.29, 1.82) is 0 Å². The summed E-state index contributed by atoms with van der Waals surface area (Å²) in [5.41, 5.74) is 5.49. The second-order valence-electron chi connectivity index (χ2n) is 6.83. The molecule has 0 unspecified atom stereocenters. The molecule has 0 amide bonds. The van der Waals surface area contributed by atoms with Gasteiger partial charge in [0.05, 0.1) is 26.2 Å². The van der Waals surface area contributed by atoms with Crippen LogP contribution in [0.1, 0.15) is 53.4 Å². The Morgan fingerprint density at radius 1 is 0.667 bits per heavy atom. The van der Waals surface area contributed by atoms with E-state index in [2.05, 4.69) is 70.8 Å². The van der Waals surface area contributed by atoms with Gasteiger partial charge in [0.2, 0.25) is 12.7 Å². The summed E-state index contributed by atoms with van der Waals surface area (Å²) < 4.78 is 9.71. The van der Waals surface area contributed by atoms with Crippen molar-refractivity contribution in [3.05, 3.63) is 24.8 Å². The SMILES string of the molecule is CCCn1c[n+](CCC)c2cc3c(cc21)n(CCC)c[n+]3CCC. The molecule has 0 saturated heterocycles. The molecule has 0 aliphatic carbocycles. The number of nitrogens with zero attached hydrogens (tertiary/aromatic N) is 4. The van der Waals surface area contributed by atoms with E-state index in [0.717, 1.165) is 26.2 Å². The van der Waals surface area contributed by atoms with Crippen LogP contribution in [0, 0.1) is 0 Å². The highest BCUT2D eigenvalue weighted by molar-refractivity contribution is 5.88. The van der Waals surface area contributed by atoms with Gasteiger partial charge in [-0.05, 0) is 25.7 Å². The van der Waals surface area contributed by atoms with E-state index in [1.807, 2.05) is 0 Å². The van der Waals surface area contributed by atoms with Crippen LogP contribution in [-0.2, 0) is 26.2 Å². The first-order valence-corrected chi connectivity index (χ1v) is 9.68. The maximum atomic E-state index is 2.43. The minimum atomic E-state index is 1.09. The molecule has 4 heteroatoms. The van der Waals surface area contributed by atoms with E-state index in [-0.39, 0.29) is 0 Å². The molecule has 0 aliphatic heterocycles. The third-order valence-electron chi connectivity index (χ3n) is 4.73. The van der Waals surface area contributed by atoms with Gasteiger partial charge >= 0.3 is 0 Å². The van der Waals surface area contributed by atoms with E-state index < -0.39 is 0 Å². The first kappa shape index (κ1) is 17.0. The Hall–Kier alpha value is -1.84. The summed E-state index contributed by atoms with van der Waals surface area (Å²) in [6, 6.07) is 4.82. The van der Waals surface area contributed by atoms with Crippen LogP contribution >= 0.6 is 0 Å². The van der Waals surface area contributed by atoms with E-state index in [1.54, 1.807) is 0 Å². The van der Waals surface area contributed by atoms with Crippen LogP contribution in [0.3, 0.4) is 0 Å². The maximum Gasteiger partial charge on any atom is 0.244 e. The molecule has 0 atom stereocenters. The van der Waals surface area contributed by atoms with Crippen LogP contribution in [0.2, 0.25) is 0 Å². The number of imidazole rings is 2. The molecule has 1 aromatic carbocycles. The lowest BCUT2D eigenvalue weighted by Gasteiger charge is -1.97. The lowest BCUT2D eigenvalue weighted by Crippen LogP contribution is -2.33. The van der Waals surface area contributed by atoms with Crippen molar-refractivity contribution in [1.82, 2.24) is 9.13 Å². The van der Waals surface area contributed by atoms with E-state index in [9.17, 15) is 0 Å². The summed E-state index contributed by atoms with van der Waals surface area (Å²) in [5, 5.41) is 0. The molecule has 3 rings (SSSR count). The summed E-state index contributed by atoms with van der Waals surface area (Å²) >= 11 is 0. The second-order valence-corrected chi connectivity index (χ2v) is 6.83. The van der Waals surface area contributed by atoms with Gasteiger partial charge in [-0.3, -0.25) is 0 Å². The molecule has 2 aromatic heterocycles. The van der Waals surface area contributed by atoms with Gasteiger partial charge in [0.1, 0.15) is 0 Å². The smallest absolute Gasteiger partial charge is 0.230 e. The van der Waals surface area contributed by atoms with Crippen LogP contribution in [0.4, 0.5) is 0 Å². The number of aromatic nitrogens is 4. The summed E-state index contributed by atoms with van der Waals surface area (Å²) in [5.74, 6) is 0. The molecule has 0 aliphatic rings. The minimum Gasteiger partial charge on any atom is -0.230 e. The molecule has 0 radical (unpaired) electrons. The fourth-order valence-corrected chi connectivity index (χ4v) is 3.74. The zero-order valence-electron chi connectivity index (χ0n) is 15.8. The Labute approximate surface area is 145 Å². The summed E-state index contributed by atoms with van der Waals surface area (Å²) in [6.45, 7) is 13.4. The molecule has 0 fully saturated rings. The van der Waals surface area contributed by atoms with Crippen LogP contribution in [0.25, 0.3) is 22.1 Å². The summed E-state index contributed by atoms with van der Waals surface area (Å²) in [7, 11) is 0. The van der Waals surface area contributed by atoms with Crippen molar-refractivity contribution in [2.24, 2.45) is 0 Å². The Bertz CT molecular complexity index is 695. The van der Waals surface area contributed by atoms with Gasteiger partial charge in [0.15, 0.2) is 22.1 Å². The van der Waals surface area contributed by atoms with Crippen molar-refractivity contribution in [3.63, 3.8) is 0 Å². The van der Waals surface area contributed by atoms with Crippen LogP contribution in [0.15, 0.2) is 24.8 Å². The average Bonchev–Trinajstić information content (AvgIpc) is 3.07. The van der Waals surface area contributed by atoms with Gasteiger partial charge in [0.25, 0.3) is 0 Å². The van der Waals surface area contributed by atoms with Crippen molar-refractivity contribution >= 4 is 22.1 Å². The number of fused-ring (bicyclic) bond motifs is 2. The highest BCUT2D eigenvalue weighted by Crippen LogP contribution is 2.21. The Balaban J connectivity index is 2.26. The second kappa shape index (κ2) is 7.37. The van der Waals surface area contributed by atoms with Gasteiger partial charge in [-0.2, -0.15) is 0 Å². The zero-order valence-corrected chi connectivity index (χ0v) is 15.8. The summed E-state index contributed by atoms with van der Waals surface area (Å²) in [6.07, 6.45) is 9.29. The van der Waals surface area contributed by atoms with E-state index in [0.29, 0.717) is 0 Å². The lowest BCUT2D eigenvalue weighted by molar-refractivity contribution is -0.676. The molecule has 24 heavy (non-hydrogen) atoms. The third-order valence-corrected chi connectivity index (χ3v) is 4.73. The topological polar surface area (TPSA) is 17.6 Å². The van der Waals surface area contributed by atoms with Gasteiger partial charge in [0, 0.05) is 12.1 Å². The monoisotopic (exact) mass is 328 g/mol. The fraction of sp³-hybridized carbons (Fsp3) is 0.600. The molecular weight excluding hydrogens is 296 g/mol. The molecule has 130 valence electrons. The van der Waals surface area contributed by atoms with Crippen LogP contribution < -0.4 is 9.13 Å². The normalized spacial score (nSPS) is 11.8. The predicted molar refractivity (Wildman–Crippen MR) is 99.0 cm³/mol. The number of aryl methyl sites for hydroxylation is 4. The van der Waals surface area contributed by atoms with E-state index in [1.165, 1.54) is 47.8 Å². The van der Waals surface area contributed by atoms with Crippen molar-refractivity contribution in [3.8, 4) is 0 Å². The van der Waals surface area contributed by atoms with E-state index in [4.69, 9.17) is 0 Å². The highest BCUT2D eigenvalue weighted by Gasteiger charge is 2.22. The molecule has 2 heterocycles. The first-order chi connectivity index (χ1) is 11.7. The van der Waals surface area contributed by atoms with Crippen LogP contribution in [-0.4, -0.2) is 9.13 Å². The van der Waals surface area contributed by atoms with Crippen molar-refractivity contribution in [2.45, 2.75) is 79.6 Å². The van der Waals surface area contributed by atoms with Gasteiger partial charge < -0.3 is 0 Å². The highest BCUT2D eigenvalue weighted by atomic mass is 15.2. The number of hydrogen-bond donors (Lipinski definition) is 0. The van der Waals surface area contributed by atoms with Crippen LogP contribution in [0.5, 0.6) is 0 Å². The maximum absolute atomic E-state index is 2.43. The molecule has 0 spiro atoms. The third kappa shape index (κ3) is 2.94. The van der Waals surface area contributed by atoms with Gasteiger partial charge in [-0.15, -0.1) is 0 Å². The summed E-state index contributed by atoms with van der Waals surface area (Å²) in [4.78, 5) is 0. The number of hydrogen-bond acceptors (Lipinski definition) is 0. The first-order valence-electron chi connectivity index (χ1n) is 9.68. The Kier molecular flexibility index (Phi) is 5.22. The van der Waals surface area contributed by atoms with E-state index >= 15 is 0 Å². The molecule has 3 aromatic rings. The fourth-order valence-electron chi connectivity index (χ4n) is 3.74. The Morgan fingerprint density at radius 2 is 1.12 bits per heavy atom. The zero-order chi connectivity index (χ0) is 17.1. The van der Waals surface area contributed by atoms with Gasteiger partial charge in [-0.25, -0.2) is 18.3 Å². The van der Waals surface area contributed by atoms with Crippen molar-refractivity contribution < 1.29 is 9.13 Å². The number of rotatable bonds is 8. The molecular formula is C20H32N4+2. The predicted octanol–water partition coefficient (Wildman–Crippen LogP) is 3.81. The largest absolute Gasteiger partial charge is 0.244 e. The lowest BCUT2D eigenvalue weighted by atomic mass is 10.2. The molecule has 0 N–H and O–H groups in total. The minimum absolute atomic E-state index is 1.09. The molecule has 4 nitrogen and oxygen atoms in total. The standard InChI is InChI=1S/C20H32N4/c1-5-9-21-15-22(10-6-2)18-14-20-19(13-17(18)21)23(11-7-3)16-24(20)12-8-4/h13-16H,5-12H2,1-4H3/q+2. The molecule has 0 saturated carbocycles. The quantitative estimate of drug-likeness (QED) is 0.560.